The second kappa shape index (κ2) is 9.04. The third kappa shape index (κ3) is 5.66. The molecule has 0 atom stereocenters. The van der Waals surface area contributed by atoms with Gasteiger partial charge in [0, 0.05) is 19.6 Å². The first-order valence-electron chi connectivity index (χ1n) is 7.93. The molecule has 0 aromatic heterocycles. The number of hydrogen-bond acceptors (Lipinski definition) is 4. The maximum absolute atomic E-state index is 12.2. The molecule has 1 saturated heterocycles. The Balaban J connectivity index is 2.46. The number of hydrogen-bond donors (Lipinski definition) is 2. The molecule has 0 saturated carbocycles. The van der Waals surface area contributed by atoms with Crippen molar-refractivity contribution in [1.29, 1.82) is 0 Å². The first-order chi connectivity index (χ1) is 10.1. The van der Waals surface area contributed by atoms with Crippen LogP contribution < -0.4 is 5.32 Å². The van der Waals surface area contributed by atoms with E-state index in [-0.39, 0.29) is 12.5 Å². The van der Waals surface area contributed by atoms with Crippen molar-refractivity contribution in [3.05, 3.63) is 0 Å². The van der Waals surface area contributed by atoms with E-state index in [4.69, 9.17) is 11.5 Å². The summed E-state index contributed by atoms with van der Waals surface area (Å²) < 4.78 is 0. The Morgan fingerprint density at radius 3 is 2.43 bits per heavy atom. The van der Waals surface area contributed by atoms with E-state index < -0.39 is 5.54 Å². The molecule has 1 aliphatic rings. The minimum absolute atomic E-state index is 0.00672. The standard InChI is InChI=1S/C16H29N3O2/c1-4-16(5-2,6-3)17-15(21)14-19-9-7-8-18(10-11-19)12-13-20/h1,20H,5-14H2,2-3H3,(H,17,21). The normalized spacial score (nSPS) is 18.0. The van der Waals surface area contributed by atoms with Crippen LogP contribution in [0, 0.1) is 12.3 Å². The van der Waals surface area contributed by atoms with Crippen molar-refractivity contribution in [2.75, 3.05) is 45.9 Å². The van der Waals surface area contributed by atoms with Crippen molar-refractivity contribution in [2.24, 2.45) is 0 Å². The summed E-state index contributed by atoms with van der Waals surface area (Å²) in [5.41, 5.74) is -0.508. The lowest BCUT2D eigenvalue weighted by molar-refractivity contribution is -0.123. The summed E-state index contributed by atoms with van der Waals surface area (Å²) in [5.74, 6) is 2.74. The second-order valence-corrected chi connectivity index (χ2v) is 5.68. The van der Waals surface area contributed by atoms with Crippen LogP contribution in [-0.2, 0) is 4.79 Å². The van der Waals surface area contributed by atoms with Gasteiger partial charge in [-0.05, 0) is 32.4 Å². The Bertz CT molecular complexity index is 361. The number of carbonyl (C=O) groups is 1. The Hall–Kier alpha value is -1.09. The average Bonchev–Trinajstić information content (AvgIpc) is 2.71. The van der Waals surface area contributed by atoms with Gasteiger partial charge in [0.05, 0.1) is 13.2 Å². The van der Waals surface area contributed by atoms with Crippen LogP contribution in [0.25, 0.3) is 0 Å². The van der Waals surface area contributed by atoms with Crippen molar-refractivity contribution < 1.29 is 9.90 Å². The summed E-state index contributed by atoms with van der Waals surface area (Å²) in [4.78, 5) is 16.6. The average molecular weight is 295 g/mol. The van der Waals surface area contributed by atoms with Gasteiger partial charge < -0.3 is 10.4 Å². The van der Waals surface area contributed by atoms with E-state index in [9.17, 15) is 4.79 Å². The summed E-state index contributed by atoms with van der Waals surface area (Å²) >= 11 is 0. The van der Waals surface area contributed by atoms with Gasteiger partial charge in [0.1, 0.15) is 5.54 Å². The number of aliphatic hydroxyl groups is 1. The third-order valence-corrected chi connectivity index (χ3v) is 4.33. The summed E-state index contributed by atoms with van der Waals surface area (Å²) in [6.45, 7) is 8.96. The molecule has 21 heavy (non-hydrogen) atoms. The lowest BCUT2D eigenvalue weighted by atomic mass is 9.94. The first kappa shape index (κ1) is 18.0. The van der Waals surface area contributed by atoms with E-state index in [0.29, 0.717) is 13.1 Å². The van der Waals surface area contributed by atoms with E-state index >= 15 is 0 Å². The van der Waals surface area contributed by atoms with Crippen molar-refractivity contribution in [3.8, 4) is 12.3 Å². The third-order valence-electron chi connectivity index (χ3n) is 4.33. The summed E-state index contributed by atoms with van der Waals surface area (Å²) in [6, 6.07) is 0. The van der Waals surface area contributed by atoms with Crippen molar-refractivity contribution in [2.45, 2.75) is 38.6 Å². The molecule has 120 valence electrons. The van der Waals surface area contributed by atoms with E-state index in [0.717, 1.165) is 45.4 Å². The molecule has 0 aromatic carbocycles. The molecule has 0 aliphatic carbocycles. The number of carbonyl (C=O) groups excluding carboxylic acids is 1. The molecule has 1 heterocycles. The van der Waals surface area contributed by atoms with E-state index in [1.54, 1.807) is 0 Å². The number of terminal acetylenes is 1. The van der Waals surface area contributed by atoms with Gasteiger partial charge in [0.2, 0.25) is 5.91 Å². The van der Waals surface area contributed by atoms with Gasteiger partial charge in [-0.3, -0.25) is 14.6 Å². The summed E-state index contributed by atoms with van der Waals surface area (Å²) in [6.07, 6.45) is 8.09. The van der Waals surface area contributed by atoms with Gasteiger partial charge in [0.25, 0.3) is 0 Å². The minimum Gasteiger partial charge on any atom is -0.395 e. The molecular formula is C16H29N3O2. The zero-order chi connectivity index (χ0) is 15.7. The van der Waals surface area contributed by atoms with E-state index in [2.05, 4.69) is 21.0 Å². The lowest BCUT2D eigenvalue weighted by Crippen LogP contribution is -2.50. The highest BCUT2D eigenvalue weighted by Gasteiger charge is 2.26. The Kier molecular flexibility index (Phi) is 7.73. The molecule has 1 amide bonds. The number of nitrogens with zero attached hydrogens (tertiary/aromatic N) is 2. The number of amides is 1. The van der Waals surface area contributed by atoms with E-state index in [1.807, 2.05) is 13.8 Å². The summed E-state index contributed by atoms with van der Waals surface area (Å²) in [5, 5.41) is 12.0. The van der Waals surface area contributed by atoms with Crippen LogP contribution in [0.15, 0.2) is 0 Å². The minimum atomic E-state index is -0.508. The highest BCUT2D eigenvalue weighted by atomic mass is 16.3. The predicted octanol–water partition coefficient (Wildman–Crippen LogP) is 0.295. The van der Waals surface area contributed by atoms with Crippen LogP contribution in [-0.4, -0.2) is 72.2 Å². The monoisotopic (exact) mass is 295 g/mol. The molecule has 0 bridgehead atoms. The molecule has 5 nitrogen and oxygen atoms in total. The molecule has 0 unspecified atom stereocenters. The molecule has 0 radical (unpaired) electrons. The maximum atomic E-state index is 12.2. The van der Waals surface area contributed by atoms with Gasteiger partial charge in [-0.15, -0.1) is 6.42 Å². The van der Waals surface area contributed by atoms with Gasteiger partial charge in [-0.2, -0.15) is 0 Å². The van der Waals surface area contributed by atoms with Gasteiger partial charge in [-0.1, -0.05) is 19.8 Å². The zero-order valence-corrected chi connectivity index (χ0v) is 13.4. The molecule has 1 rings (SSSR count). The quantitative estimate of drug-likeness (QED) is 0.663. The van der Waals surface area contributed by atoms with Crippen LogP contribution in [0.2, 0.25) is 0 Å². The van der Waals surface area contributed by atoms with Crippen molar-refractivity contribution in [1.82, 2.24) is 15.1 Å². The topological polar surface area (TPSA) is 55.8 Å². The highest BCUT2D eigenvalue weighted by molar-refractivity contribution is 5.79. The second-order valence-electron chi connectivity index (χ2n) is 5.68. The number of rotatable bonds is 7. The number of nitrogens with one attached hydrogen (secondary N) is 1. The first-order valence-corrected chi connectivity index (χ1v) is 7.93. The van der Waals surface area contributed by atoms with Crippen LogP contribution in [0.4, 0.5) is 0 Å². The fourth-order valence-electron chi connectivity index (χ4n) is 2.72. The molecule has 1 aliphatic heterocycles. The largest absolute Gasteiger partial charge is 0.395 e. The van der Waals surface area contributed by atoms with Crippen LogP contribution in [0.5, 0.6) is 0 Å². The fourth-order valence-corrected chi connectivity index (χ4v) is 2.72. The van der Waals surface area contributed by atoms with Gasteiger partial charge in [-0.25, -0.2) is 0 Å². The highest BCUT2D eigenvalue weighted by Crippen LogP contribution is 2.13. The maximum Gasteiger partial charge on any atom is 0.235 e. The molecule has 0 aromatic rings. The lowest BCUT2D eigenvalue weighted by Gasteiger charge is -2.29. The fraction of sp³-hybridized carbons (Fsp3) is 0.812. The van der Waals surface area contributed by atoms with Crippen molar-refractivity contribution >= 4 is 5.91 Å². The SMILES string of the molecule is C#CC(CC)(CC)NC(=O)CN1CCCN(CCO)CC1. The van der Waals surface area contributed by atoms with Crippen LogP contribution in [0.3, 0.4) is 0 Å². The molecule has 5 heteroatoms. The smallest absolute Gasteiger partial charge is 0.235 e. The molecule has 2 N–H and O–H groups in total. The number of aliphatic hydroxyl groups excluding tert-OH is 1. The Labute approximate surface area is 128 Å². The number of β-amino-alcohol motifs (C(OH)–C–C–N with tert-alkyl or cyclic N) is 1. The van der Waals surface area contributed by atoms with E-state index in [1.165, 1.54) is 0 Å². The van der Waals surface area contributed by atoms with Crippen LogP contribution >= 0.6 is 0 Å². The molecular weight excluding hydrogens is 266 g/mol. The van der Waals surface area contributed by atoms with Crippen molar-refractivity contribution in [3.63, 3.8) is 0 Å². The van der Waals surface area contributed by atoms with Gasteiger partial charge >= 0.3 is 0 Å². The molecule has 1 fully saturated rings. The Morgan fingerprint density at radius 1 is 1.24 bits per heavy atom. The predicted molar refractivity (Wildman–Crippen MR) is 84.9 cm³/mol. The Morgan fingerprint density at radius 2 is 1.86 bits per heavy atom. The summed E-state index contributed by atoms with van der Waals surface area (Å²) in [7, 11) is 0. The van der Waals surface area contributed by atoms with Crippen LogP contribution in [0.1, 0.15) is 33.1 Å². The zero-order valence-electron chi connectivity index (χ0n) is 13.4. The van der Waals surface area contributed by atoms with Gasteiger partial charge in [0.15, 0.2) is 0 Å². The molecule has 0 spiro atoms.